The fraction of sp³-hybridized carbons (Fsp3) is 0.370. The molecule has 0 saturated carbocycles. The number of hydrogen-bond acceptors (Lipinski definition) is 12. The van der Waals surface area contributed by atoms with Crippen LogP contribution in [-0.2, 0) is 30.3 Å². The van der Waals surface area contributed by atoms with Gasteiger partial charge in [-0.25, -0.2) is 17.6 Å². The number of aliphatic hydroxyl groups is 1. The van der Waals surface area contributed by atoms with Crippen molar-refractivity contribution in [3.05, 3.63) is 108 Å². The number of aromatic hydroxyl groups is 2. The predicted molar refractivity (Wildman–Crippen MR) is 254 cm³/mol. The van der Waals surface area contributed by atoms with Crippen molar-refractivity contribution in [2.45, 2.75) is 79.7 Å². The average molecular weight is 989 g/mol. The number of nitrogens with one attached hydrogen (secondary N) is 2. The number of hydrogen-bond donors (Lipinski definition) is 8. The molecular formula is C46H57FN4O13S3. The molecule has 5 aromatic rings. The number of unbranched alkanes of at least 4 members (excludes halogenated alkanes) is 6. The number of phenolic OH excluding ortho intramolecular Hbond substituents is 2. The number of carboxylic acid groups (broad SMARTS) is 1. The first-order valence-electron chi connectivity index (χ1n) is 21.6. The number of para-hydroxylation sites is 1. The van der Waals surface area contributed by atoms with E-state index in [4.69, 9.17) is 9.11 Å². The maximum atomic E-state index is 15.2. The van der Waals surface area contributed by atoms with Crippen LogP contribution in [0.15, 0.2) is 107 Å². The number of amides is 1. The van der Waals surface area contributed by atoms with Crippen molar-refractivity contribution < 1.29 is 64.0 Å². The highest BCUT2D eigenvalue weighted by Gasteiger charge is 2.32. The summed E-state index contributed by atoms with van der Waals surface area (Å²) in [5, 5.41) is 43.4. The largest absolute Gasteiger partial charge is 0.508 e. The van der Waals surface area contributed by atoms with Crippen molar-refractivity contribution in [3.63, 3.8) is 0 Å². The molecule has 6 rings (SSSR count). The quantitative estimate of drug-likeness (QED) is 0.0212. The summed E-state index contributed by atoms with van der Waals surface area (Å²) >= 11 is 0. The fourth-order valence-electron chi connectivity index (χ4n) is 8.04. The van der Waals surface area contributed by atoms with Crippen molar-refractivity contribution in [1.82, 2.24) is 10.2 Å². The van der Waals surface area contributed by atoms with Crippen LogP contribution < -0.4 is 14.9 Å². The van der Waals surface area contributed by atoms with Crippen LogP contribution in [0.1, 0.15) is 69.5 Å². The van der Waals surface area contributed by atoms with Crippen molar-refractivity contribution in [2.24, 2.45) is 0 Å². The Balaban J connectivity index is 0.000000388. The lowest BCUT2D eigenvalue weighted by molar-refractivity contribution is 0.174. The molecular weight excluding hydrogens is 932 g/mol. The van der Waals surface area contributed by atoms with Crippen molar-refractivity contribution in [1.29, 1.82) is 0 Å². The van der Waals surface area contributed by atoms with Gasteiger partial charge in [-0.05, 0) is 92.4 Å². The molecule has 8 N–H and O–H groups in total. The summed E-state index contributed by atoms with van der Waals surface area (Å²) < 4.78 is 103. The van der Waals surface area contributed by atoms with Crippen LogP contribution in [0.25, 0.3) is 21.9 Å². The number of benzene rings is 5. The Morgan fingerprint density at radius 3 is 1.87 bits per heavy atom. The van der Waals surface area contributed by atoms with Crippen molar-refractivity contribution in [3.8, 4) is 22.6 Å². The number of halogens is 1. The molecule has 1 heterocycles. The minimum absolute atomic E-state index is 0.0233. The summed E-state index contributed by atoms with van der Waals surface area (Å²) in [6, 6.07) is 22.4. The van der Waals surface area contributed by atoms with E-state index in [1.807, 2.05) is 0 Å². The molecule has 1 fully saturated rings. The number of sulfonamides is 1. The summed E-state index contributed by atoms with van der Waals surface area (Å²) in [6.07, 6.45) is 7.91. The number of aliphatic hydroxyl groups excluding tert-OH is 1. The summed E-state index contributed by atoms with van der Waals surface area (Å²) in [6.45, 7) is 3.54. The molecule has 67 heavy (non-hydrogen) atoms. The molecule has 21 heteroatoms. The molecule has 1 saturated heterocycles. The summed E-state index contributed by atoms with van der Waals surface area (Å²) in [5.74, 6) is -0.707. The fourth-order valence-corrected chi connectivity index (χ4v) is 10.0. The first-order valence-corrected chi connectivity index (χ1v) is 26.4. The number of piperidine rings is 1. The van der Waals surface area contributed by atoms with Gasteiger partial charge in [0.15, 0.2) is 0 Å². The number of nitrogens with zero attached hydrogens (tertiary/aromatic N) is 2. The van der Waals surface area contributed by atoms with Crippen LogP contribution >= 0.6 is 0 Å². The highest BCUT2D eigenvalue weighted by molar-refractivity contribution is 7.92. The van der Waals surface area contributed by atoms with Gasteiger partial charge in [0.1, 0.15) is 27.1 Å². The summed E-state index contributed by atoms with van der Waals surface area (Å²) in [7, 11) is -12.5. The molecule has 5 aromatic carbocycles. The molecule has 0 radical (unpaired) electrons. The maximum Gasteiger partial charge on any atom is 0.412 e. The number of likely N-dealkylation sites (tertiary alicyclic amines) is 1. The minimum atomic E-state index is -4.47. The van der Waals surface area contributed by atoms with Gasteiger partial charge in [0.25, 0.3) is 20.2 Å². The topological polar surface area (TPSA) is 271 Å². The number of carbonyl (C=O) groups is 1. The van der Waals surface area contributed by atoms with Gasteiger partial charge in [-0.2, -0.15) is 16.8 Å². The molecule has 0 bridgehead atoms. The highest BCUT2D eigenvalue weighted by atomic mass is 32.2. The van der Waals surface area contributed by atoms with E-state index in [2.05, 4.69) is 14.9 Å². The van der Waals surface area contributed by atoms with Crippen molar-refractivity contribution in [2.75, 3.05) is 48.6 Å². The lowest BCUT2D eigenvalue weighted by Crippen LogP contribution is -2.47. The van der Waals surface area contributed by atoms with Gasteiger partial charge in [0.2, 0.25) is 10.0 Å². The second kappa shape index (κ2) is 23.6. The van der Waals surface area contributed by atoms with Crippen LogP contribution in [0.5, 0.6) is 11.5 Å². The standard InChI is InChI=1S/C36H49FN4O7S.C10H8O6S2/c1-49(47,48)39-32-24-27(14-17-33(32)43)34(44)25-38-20-7-5-3-2-4-6-8-21-40-22-18-28(19-23-40)41(36(45)46)35-30(10-9-11-31(35)37)26-12-15-29(42)16-13-26;11-17(12,13)9-5-1-3-7-8(9)4-2-6-10(7)18(14,15)16/h9-17,24,28,34,38-39,42-44H,2-8,18-23,25H2,1H3,(H,45,46);1-6H,(H,11,12,13)(H,14,15,16)/t34-;/m0./s1. The lowest BCUT2D eigenvalue weighted by atomic mass is 9.98. The third-order valence-corrected chi connectivity index (χ3v) is 13.7. The van der Waals surface area contributed by atoms with Gasteiger partial charge in [0, 0.05) is 42.0 Å². The van der Waals surface area contributed by atoms with Gasteiger partial charge in [-0.1, -0.05) is 86.7 Å². The first-order chi connectivity index (χ1) is 31.6. The van der Waals surface area contributed by atoms with E-state index in [-0.39, 0.29) is 39.7 Å². The van der Waals surface area contributed by atoms with Gasteiger partial charge in [-0.3, -0.25) is 18.7 Å². The summed E-state index contributed by atoms with van der Waals surface area (Å²) in [5.41, 5.74) is 1.71. The van der Waals surface area contributed by atoms with Crippen LogP contribution in [0.3, 0.4) is 0 Å². The minimum Gasteiger partial charge on any atom is -0.508 e. The SMILES string of the molecule is CS(=O)(=O)Nc1cc([C@@H](O)CNCCCCCCCCCN2CCC(N(C(=O)O)c3c(F)cccc3-c3ccc(O)cc3)CC2)ccc1O.O=S(=O)(O)c1cccc2c(S(=O)(=O)O)cccc12. The van der Waals surface area contributed by atoms with Gasteiger partial charge >= 0.3 is 6.09 Å². The number of rotatable bonds is 20. The molecule has 0 aromatic heterocycles. The van der Waals surface area contributed by atoms with E-state index in [1.54, 1.807) is 30.3 Å². The Labute approximate surface area is 390 Å². The van der Waals surface area contributed by atoms with Gasteiger partial charge in [0.05, 0.1) is 23.7 Å². The third-order valence-electron chi connectivity index (χ3n) is 11.3. The first kappa shape index (κ1) is 52.6. The monoisotopic (exact) mass is 988 g/mol. The Kier molecular flexibility index (Phi) is 18.5. The normalized spacial score (nSPS) is 14.3. The maximum absolute atomic E-state index is 15.2. The lowest BCUT2D eigenvalue weighted by Gasteiger charge is -2.38. The molecule has 1 aliphatic heterocycles. The second-order valence-electron chi connectivity index (χ2n) is 16.3. The molecule has 1 atom stereocenters. The molecule has 364 valence electrons. The van der Waals surface area contributed by atoms with E-state index in [1.165, 1.54) is 59.5 Å². The zero-order valence-electron chi connectivity index (χ0n) is 36.8. The predicted octanol–water partition coefficient (Wildman–Crippen LogP) is 7.61. The van der Waals surface area contributed by atoms with Crippen LogP contribution in [0.4, 0.5) is 20.6 Å². The van der Waals surface area contributed by atoms with Crippen LogP contribution in [-0.4, -0.2) is 111 Å². The highest BCUT2D eigenvalue weighted by Crippen LogP contribution is 2.37. The van der Waals surface area contributed by atoms with E-state index in [0.717, 1.165) is 89.5 Å². The molecule has 17 nitrogen and oxygen atoms in total. The molecule has 1 amide bonds. The Morgan fingerprint density at radius 2 is 1.31 bits per heavy atom. The Hall–Kier alpha value is -5.39. The summed E-state index contributed by atoms with van der Waals surface area (Å²) in [4.78, 5) is 15.2. The molecule has 0 aliphatic carbocycles. The van der Waals surface area contributed by atoms with E-state index in [0.29, 0.717) is 36.1 Å². The zero-order valence-corrected chi connectivity index (χ0v) is 39.3. The van der Waals surface area contributed by atoms with E-state index >= 15 is 4.39 Å². The Bertz CT molecular complexity index is 2740. The van der Waals surface area contributed by atoms with Crippen molar-refractivity contribution >= 4 is 58.5 Å². The smallest absolute Gasteiger partial charge is 0.412 e. The molecule has 0 spiro atoms. The second-order valence-corrected chi connectivity index (χ2v) is 20.8. The van der Waals surface area contributed by atoms with E-state index in [9.17, 15) is 50.5 Å². The van der Waals surface area contributed by atoms with Gasteiger partial charge in [-0.15, -0.1) is 0 Å². The number of anilines is 2. The van der Waals surface area contributed by atoms with Crippen LogP contribution in [0.2, 0.25) is 0 Å². The zero-order chi connectivity index (χ0) is 48.9. The average Bonchev–Trinajstić information content (AvgIpc) is 3.26. The van der Waals surface area contributed by atoms with E-state index < -0.39 is 58.1 Å². The number of phenols is 2. The Morgan fingerprint density at radius 1 is 0.761 bits per heavy atom. The molecule has 0 unspecified atom stereocenters. The number of fused-ring (bicyclic) bond motifs is 1. The molecule has 1 aliphatic rings. The third kappa shape index (κ3) is 15.3. The van der Waals surface area contributed by atoms with Gasteiger partial charge < -0.3 is 30.6 Å². The van der Waals surface area contributed by atoms with Crippen LogP contribution in [0, 0.1) is 5.82 Å².